The summed E-state index contributed by atoms with van der Waals surface area (Å²) in [5, 5.41) is 24.9. The molecular formula is C23H23F4N3O2. The fraction of sp³-hybridized carbons (Fsp3) is 0.391. The first-order valence-corrected chi connectivity index (χ1v) is 10.3. The van der Waals surface area contributed by atoms with Crippen LogP contribution in [0.1, 0.15) is 54.2 Å². The summed E-state index contributed by atoms with van der Waals surface area (Å²) in [6.07, 6.45) is -4.01. The van der Waals surface area contributed by atoms with Crippen LogP contribution in [0.25, 0.3) is 10.9 Å². The Bertz CT molecular complexity index is 1200. The van der Waals surface area contributed by atoms with E-state index in [0.29, 0.717) is 16.7 Å². The second-order valence-corrected chi connectivity index (χ2v) is 8.32. The molecule has 3 aromatic rings. The van der Waals surface area contributed by atoms with E-state index in [1.165, 1.54) is 19.2 Å². The van der Waals surface area contributed by atoms with Crippen LogP contribution in [0.5, 0.6) is 5.75 Å². The summed E-state index contributed by atoms with van der Waals surface area (Å²) in [7, 11) is 0. The van der Waals surface area contributed by atoms with Crippen LogP contribution in [0, 0.1) is 19.7 Å². The molecule has 1 aliphatic rings. The largest absolute Gasteiger partial charge is 0.505 e. The van der Waals surface area contributed by atoms with E-state index >= 15 is 0 Å². The molecule has 4 rings (SSSR count). The number of aryl methyl sites for hydroxylation is 2. The summed E-state index contributed by atoms with van der Waals surface area (Å²) in [6, 6.07) is 4.50. The minimum atomic E-state index is -4.98. The van der Waals surface area contributed by atoms with Crippen LogP contribution in [0.4, 0.5) is 23.2 Å². The molecule has 3 N–H and O–H groups in total. The van der Waals surface area contributed by atoms with Crippen molar-refractivity contribution in [2.75, 3.05) is 5.32 Å². The van der Waals surface area contributed by atoms with Crippen molar-refractivity contribution in [1.29, 1.82) is 0 Å². The predicted molar refractivity (Wildman–Crippen MR) is 112 cm³/mol. The number of fused-ring (bicyclic) bond motifs is 2. The van der Waals surface area contributed by atoms with E-state index in [1.54, 1.807) is 32.0 Å². The number of hydrogen-bond acceptors (Lipinski definition) is 5. The summed E-state index contributed by atoms with van der Waals surface area (Å²) in [4.78, 5) is 8.43. The monoisotopic (exact) mass is 449 g/mol. The van der Waals surface area contributed by atoms with Crippen molar-refractivity contribution in [3.8, 4) is 5.75 Å². The van der Waals surface area contributed by atoms with Crippen LogP contribution < -0.4 is 5.32 Å². The van der Waals surface area contributed by atoms with Crippen molar-refractivity contribution >= 4 is 16.6 Å². The Morgan fingerprint density at radius 3 is 2.62 bits per heavy atom. The quantitative estimate of drug-likeness (QED) is 0.465. The molecule has 32 heavy (non-hydrogen) atoms. The normalized spacial score (nSPS) is 23.2. The average molecular weight is 449 g/mol. The lowest BCUT2D eigenvalue weighted by molar-refractivity contribution is -0.272. The number of halogens is 4. The van der Waals surface area contributed by atoms with Crippen molar-refractivity contribution in [3.63, 3.8) is 0 Å². The van der Waals surface area contributed by atoms with Gasteiger partial charge in [-0.05, 0) is 55.9 Å². The van der Waals surface area contributed by atoms with Crippen LogP contribution in [-0.2, 0) is 0 Å². The molecule has 1 heterocycles. The first-order chi connectivity index (χ1) is 15.0. The number of aromatic nitrogens is 2. The van der Waals surface area contributed by atoms with E-state index in [4.69, 9.17) is 0 Å². The first-order valence-electron chi connectivity index (χ1n) is 10.3. The fourth-order valence-corrected chi connectivity index (χ4v) is 4.59. The SMILES string of the molecule is CC[C@@H]1C[C@](O)(C(F)(F)F)[C@@H](Nc2cccc3nc(C)ncc23)c2cc(C)c(F)c(O)c21. The molecule has 0 bridgehead atoms. The number of nitrogens with zero attached hydrogens (tertiary/aromatic N) is 2. The molecular weight excluding hydrogens is 426 g/mol. The highest BCUT2D eigenvalue weighted by Gasteiger charge is 2.62. The second-order valence-electron chi connectivity index (χ2n) is 8.32. The Morgan fingerprint density at radius 2 is 1.97 bits per heavy atom. The van der Waals surface area contributed by atoms with E-state index in [0.717, 1.165) is 0 Å². The van der Waals surface area contributed by atoms with Gasteiger partial charge in [0.15, 0.2) is 17.2 Å². The smallest absolute Gasteiger partial charge is 0.419 e. The van der Waals surface area contributed by atoms with Crippen LogP contribution in [0.3, 0.4) is 0 Å². The standard InChI is InChI=1S/C23H23F4N3O2/c1-4-13-9-22(32,23(25,26)27)21(14-8-11(2)19(24)20(31)18(13)14)30-17-7-5-6-16-15(17)10-28-12(3)29-16/h5-8,10,13,21,30-32H,4,9H2,1-3H3/t13-,21+,22-/m1/s1. The zero-order valence-corrected chi connectivity index (χ0v) is 17.8. The van der Waals surface area contributed by atoms with Gasteiger partial charge < -0.3 is 15.5 Å². The molecule has 2 aromatic carbocycles. The number of aromatic hydroxyl groups is 1. The summed E-state index contributed by atoms with van der Waals surface area (Å²) in [6.45, 7) is 4.70. The minimum absolute atomic E-state index is 0.00814. The number of anilines is 1. The third-order valence-corrected chi connectivity index (χ3v) is 6.28. The number of phenols is 1. The number of phenolic OH excluding ortho intramolecular Hbond substituents is 1. The van der Waals surface area contributed by atoms with Gasteiger partial charge in [-0.25, -0.2) is 14.4 Å². The Labute approximate surface area is 182 Å². The molecule has 1 aromatic heterocycles. The first kappa shape index (κ1) is 22.3. The summed E-state index contributed by atoms with van der Waals surface area (Å²) < 4.78 is 57.3. The molecule has 0 fully saturated rings. The third kappa shape index (κ3) is 3.35. The molecule has 0 saturated heterocycles. The maximum atomic E-state index is 14.5. The molecule has 0 amide bonds. The third-order valence-electron chi connectivity index (χ3n) is 6.28. The van der Waals surface area contributed by atoms with Crippen molar-refractivity contribution in [2.24, 2.45) is 0 Å². The lowest BCUT2D eigenvalue weighted by atomic mass is 9.68. The Hall–Kier alpha value is -2.94. The number of aliphatic hydroxyl groups is 1. The molecule has 5 nitrogen and oxygen atoms in total. The van der Waals surface area contributed by atoms with Crippen LogP contribution in [0.15, 0.2) is 30.5 Å². The van der Waals surface area contributed by atoms with Gasteiger partial charge in [-0.2, -0.15) is 13.2 Å². The van der Waals surface area contributed by atoms with Gasteiger partial charge in [-0.15, -0.1) is 0 Å². The van der Waals surface area contributed by atoms with Gasteiger partial charge in [-0.3, -0.25) is 0 Å². The Balaban J connectivity index is 1.96. The molecule has 170 valence electrons. The summed E-state index contributed by atoms with van der Waals surface area (Å²) in [5.74, 6) is -1.90. The van der Waals surface area contributed by atoms with Gasteiger partial charge in [-0.1, -0.05) is 19.1 Å². The number of alkyl halides is 3. The highest BCUT2D eigenvalue weighted by molar-refractivity contribution is 5.91. The van der Waals surface area contributed by atoms with Gasteiger partial charge >= 0.3 is 6.18 Å². The van der Waals surface area contributed by atoms with Crippen LogP contribution in [-0.4, -0.2) is 32.0 Å². The summed E-state index contributed by atoms with van der Waals surface area (Å²) in [5.41, 5.74) is -2.23. The predicted octanol–water partition coefficient (Wildman–Crippen LogP) is 5.44. The Morgan fingerprint density at radius 1 is 1.25 bits per heavy atom. The highest BCUT2D eigenvalue weighted by Crippen LogP contribution is 2.55. The molecule has 0 aliphatic heterocycles. The van der Waals surface area contributed by atoms with Gasteiger partial charge in [0.1, 0.15) is 5.82 Å². The van der Waals surface area contributed by atoms with Gasteiger partial charge in [0.05, 0.1) is 11.6 Å². The number of hydrogen-bond donors (Lipinski definition) is 3. The van der Waals surface area contributed by atoms with E-state index in [1.807, 2.05) is 0 Å². The lowest BCUT2D eigenvalue weighted by Crippen LogP contribution is -2.55. The van der Waals surface area contributed by atoms with Crippen molar-refractivity contribution in [2.45, 2.75) is 57.3 Å². The van der Waals surface area contributed by atoms with E-state index in [2.05, 4.69) is 15.3 Å². The van der Waals surface area contributed by atoms with Gasteiger partial charge in [0.25, 0.3) is 0 Å². The summed E-state index contributed by atoms with van der Waals surface area (Å²) >= 11 is 0. The van der Waals surface area contributed by atoms with Crippen LogP contribution in [0.2, 0.25) is 0 Å². The number of nitrogens with one attached hydrogen (secondary N) is 1. The van der Waals surface area contributed by atoms with Crippen molar-refractivity contribution < 1.29 is 27.8 Å². The fourth-order valence-electron chi connectivity index (χ4n) is 4.59. The molecule has 1 aliphatic carbocycles. The van der Waals surface area contributed by atoms with E-state index < -0.39 is 41.7 Å². The maximum absolute atomic E-state index is 14.5. The topological polar surface area (TPSA) is 78.3 Å². The van der Waals surface area contributed by atoms with Crippen molar-refractivity contribution in [3.05, 3.63) is 58.8 Å². The second kappa shape index (κ2) is 7.58. The Kier molecular flexibility index (Phi) is 5.27. The molecule has 0 radical (unpaired) electrons. The van der Waals surface area contributed by atoms with Crippen molar-refractivity contribution in [1.82, 2.24) is 9.97 Å². The van der Waals surface area contributed by atoms with E-state index in [9.17, 15) is 27.8 Å². The average Bonchev–Trinajstić information content (AvgIpc) is 2.72. The number of benzene rings is 2. The van der Waals surface area contributed by atoms with Gasteiger partial charge in [0.2, 0.25) is 0 Å². The highest BCUT2D eigenvalue weighted by atomic mass is 19.4. The van der Waals surface area contributed by atoms with E-state index in [-0.39, 0.29) is 28.8 Å². The minimum Gasteiger partial charge on any atom is -0.505 e. The molecule has 0 spiro atoms. The molecule has 9 heteroatoms. The van der Waals surface area contributed by atoms with Crippen LogP contribution >= 0.6 is 0 Å². The molecule has 3 atom stereocenters. The maximum Gasteiger partial charge on any atom is 0.419 e. The lowest BCUT2D eigenvalue weighted by Gasteiger charge is -2.46. The molecule has 0 saturated carbocycles. The van der Waals surface area contributed by atoms with Gasteiger partial charge in [0, 0.05) is 22.8 Å². The zero-order valence-electron chi connectivity index (χ0n) is 17.8. The number of rotatable bonds is 3. The zero-order chi connectivity index (χ0) is 23.4. The molecule has 0 unspecified atom stereocenters.